The molecule has 0 aromatic heterocycles. The molecule has 0 saturated carbocycles. The van der Waals surface area contributed by atoms with Gasteiger partial charge in [-0.1, -0.05) is 35.9 Å². The van der Waals surface area contributed by atoms with Crippen LogP contribution >= 0.6 is 0 Å². The zero-order chi connectivity index (χ0) is 20.4. The predicted molar refractivity (Wildman–Crippen MR) is 107 cm³/mol. The normalized spacial score (nSPS) is 19.8. The molecule has 2 aromatic carbocycles. The molecule has 1 fully saturated rings. The molecule has 2 aliphatic rings. The Kier molecular flexibility index (Phi) is 5.53. The van der Waals surface area contributed by atoms with Gasteiger partial charge in [-0.2, -0.15) is 0 Å². The molecule has 1 atom stereocenters. The van der Waals surface area contributed by atoms with Crippen LogP contribution in [-0.2, 0) is 16.1 Å². The van der Waals surface area contributed by atoms with Gasteiger partial charge in [0.15, 0.2) is 0 Å². The minimum Gasteiger partial charge on any atom is -0.491 e. The first-order chi connectivity index (χ1) is 14.0. The molecule has 0 aliphatic carbocycles. The van der Waals surface area contributed by atoms with E-state index < -0.39 is 5.97 Å². The summed E-state index contributed by atoms with van der Waals surface area (Å²) in [5, 5.41) is 9.29. The van der Waals surface area contributed by atoms with E-state index in [2.05, 4.69) is 0 Å². The van der Waals surface area contributed by atoms with Crippen LogP contribution in [0.25, 0.3) is 0 Å². The molecule has 2 heterocycles. The van der Waals surface area contributed by atoms with Crippen LogP contribution in [0.2, 0.25) is 0 Å². The van der Waals surface area contributed by atoms with E-state index in [1.165, 1.54) is 0 Å². The van der Waals surface area contributed by atoms with E-state index in [1.54, 1.807) is 18.2 Å². The molecule has 6 heteroatoms. The van der Waals surface area contributed by atoms with Gasteiger partial charge in [0.2, 0.25) is 5.91 Å². The van der Waals surface area contributed by atoms with Crippen molar-refractivity contribution >= 4 is 11.9 Å². The Morgan fingerprint density at radius 3 is 2.48 bits per heavy atom. The summed E-state index contributed by atoms with van der Waals surface area (Å²) in [6.45, 7) is 3.92. The molecular formula is C23H25NO5. The Labute approximate surface area is 170 Å². The zero-order valence-electron chi connectivity index (χ0n) is 16.5. The second-order valence-corrected chi connectivity index (χ2v) is 7.72. The van der Waals surface area contributed by atoms with Gasteiger partial charge in [0.1, 0.15) is 12.4 Å². The average Bonchev–Trinajstić information content (AvgIpc) is 2.93. The Morgan fingerprint density at radius 1 is 1.07 bits per heavy atom. The summed E-state index contributed by atoms with van der Waals surface area (Å²) in [6.07, 6.45) is 1.45. The van der Waals surface area contributed by atoms with Crippen LogP contribution in [0.5, 0.6) is 5.75 Å². The van der Waals surface area contributed by atoms with Crippen molar-refractivity contribution in [1.29, 1.82) is 0 Å². The number of fused-ring (bicyclic) bond motifs is 1. The summed E-state index contributed by atoms with van der Waals surface area (Å²) in [6, 6.07) is 12.8. The molecule has 1 amide bonds. The van der Waals surface area contributed by atoms with Crippen LogP contribution in [0.15, 0.2) is 42.5 Å². The number of hydrogen-bond donors (Lipinski definition) is 1. The average molecular weight is 395 g/mol. The van der Waals surface area contributed by atoms with Gasteiger partial charge in [0.05, 0.1) is 18.2 Å². The molecule has 0 bridgehead atoms. The number of carboxylic acid groups (broad SMARTS) is 1. The van der Waals surface area contributed by atoms with Crippen molar-refractivity contribution < 1.29 is 24.2 Å². The van der Waals surface area contributed by atoms with E-state index >= 15 is 0 Å². The van der Waals surface area contributed by atoms with Gasteiger partial charge in [-0.3, -0.25) is 4.79 Å². The molecule has 0 spiro atoms. The molecule has 1 saturated heterocycles. The number of nitrogens with zero attached hydrogens (tertiary/aromatic N) is 1. The van der Waals surface area contributed by atoms with Crippen LogP contribution in [0.1, 0.15) is 45.9 Å². The molecule has 29 heavy (non-hydrogen) atoms. The minimum absolute atomic E-state index is 0.0588. The second-order valence-electron chi connectivity index (χ2n) is 7.72. The lowest BCUT2D eigenvalue weighted by Gasteiger charge is -2.34. The number of rotatable bonds is 3. The van der Waals surface area contributed by atoms with E-state index in [1.807, 2.05) is 36.1 Å². The molecule has 4 rings (SSSR count). The molecule has 152 valence electrons. The SMILES string of the molecule is Cc1ccc([C@H]2COc3cc(C(=O)O)ccc3CN2C(=O)C2CCOCC2)cc1. The smallest absolute Gasteiger partial charge is 0.335 e. The maximum Gasteiger partial charge on any atom is 0.335 e. The van der Waals surface area contributed by atoms with Crippen LogP contribution in [0.3, 0.4) is 0 Å². The van der Waals surface area contributed by atoms with Crippen molar-refractivity contribution in [2.75, 3.05) is 19.8 Å². The number of amides is 1. The number of carbonyl (C=O) groups excluding carboxylic acids is 1. The summed E-state index contributed by atoms with van der Waals surface area (Å²) < 4.78 is 11.4. The third kappa shape index (κ3) is 4.12. The van der Waals surface area contributed by atoms with Crippen molar-refractivity contribution in [3.05, 3.63) is 64.7 Å². The van der Waals surface area contributed by atoms with E-state index in [9.17, 15) is 14.7 Å². The fourth-order valence-corrected chi connectivity index (χ4v) is 3.98. The fraction of sp³-hybridized carbons (Fsp3) is 0.391. The number of aryl methyl sites for hydroxylation is 1. The van der Waals surface area contributed by atoms with Crippen LogP contribution < -0.4 is 4.74 Å². The molecule has 6 nitrogen and oxygen atoms in total. The van der Waals surface area contributed by atoms with Crippen LogP contribution in [0.4, 0.5) is 0 Å². The number of ether oxygens (including phenoxy) is 2. The number of hydrogen-bond acceptors (Lipinski definition) is 4. The quantitative estimate of drug-likeness (QED) is 0.860. The Bertz CT molecular complexity index is 902. The third-order valence-corrected chi connectivity index (χ3v) is 5.74. The van der Waals surface area contributed by atoms with Gasteiger partial charge in [-0.15, -0.1) is 0 Å². The van der Waals surface area contributed by atoms with Gasteiger partial charge < -0.3 is 19.5 Å². The molecule has 0 radical (unpaired) electrons. The maximum absolute atomic E-state index is 13.5. The van der Waals surface area contributed by atoms with E-state index in [0.717, 1.165) is 29.5 Å². The van der Waals surface area contributed by atoms with Crippen molar-refractivity contribution in [2.24, 2.45) is 5.92 Å². The summed E-state index contributed by atoms with van der Waals surface area (Å²) in [5.41, 5.74) is 3.17. The van der Waals surface area contributed by atoms with Gasteiger partial charge in [0, 0.05) is 24.7 Å². The number of carbonyl (C=O) groups is 2. The van der Waals surface area contributed by atoms with E-state index in [4.69, 9.17) is 9.47 Å². The molecule has 1 N–H and O–H groups in total. The lowest BCUT2D eigenvalue weighted by atomic mass is 9.95. The lowest BCUT2D eigenvalue weighted by Crippen LogP contribution is -2.41. The van der Waals surface area contributed by atoms with Gasteiger partial charge in [-0.05, 0) is 37.5 Å². The number of benzene rings is 2. The van der Waals surface area contributed by atoms with Crippen molar-refractivity contribution in [3.63, 3.8) is 0 Å². The Hall–Kier alpha value is -2.86. The Morgan fingerprint density at radius 2 is 1.79 bits per heavy atom. The summed E-state index contributed by atoms with van der Waals surface area (Å²) in [4.78, 5) is 26.7. The van der Waals surface area contributed by atoms with Crippen molar-refractivity contribution in [1.82, 2.24) is 4.90 Å². The van der Waals surface area contributed by atoms with E-state index in [-0.39, 0.29) is 30.0 Å². The summed E-state index contributed by atoms with van der Waals surface area (Å²) in [7, 11) is 0. The molecule has 0 unspecified atom stereocenters. The Balaban J connectivity index is 1.69. The maximum atomic E-state index is 13.5. The fourth-order valence-electron chi connectivity index (χ4n) is 3.98. The van der Waals surface area contributed by atoms with Crippen molar-refractivity contribution in [2.45, 2.75) is 32.4 Å². The standard InChI is InChI=1S/C23H25NO5/c1-15-2-4-16(5-3-15)20-14-29-21-12-18(23(26)27)6-7-19(21)13-24(20)22(25)17-8-10-28-11-9-17/h2-7,12,17,20H,8-11,13-14H2,1H3,(H,26,27)/t20-/m1/s1. The highest BCUT2D eigenvalue weighted by atomic mass is 16.5. The second kappa shape index (κ2) is 8.25. The topological polar surface area (TPSA) is 76.1 Å². The minimum atomic E-state index is -0.995. The third-order valence-electron chi connectivity index (χ3n) is 5.74. The molecule has 2 aromatic rings. The first-order valence-corrected chi connectivity index (χ1v) is 9.97. The lowest BCUT2D eigenvalue weighted by molar-refractivity contribution is -0.142. The highest BCUT2D eigenvalue weighted by Gasteiger charge is 2.34. The van der Waals surface area contributed by atoms with Gasteiger partial charge >= 0.3 is 5.97 Å². The highest BCUT2D eigenvalue weighted by Crippen LogP contribution is 2.34. The first kappa shape index (κ1) is 19.5. The largest absolute Gasteiger partial charge is 0.491 e. The number of carboxylic acids is 1. The van der Waals surface area contributed by atoms with E-state index in [0.29, 0.717) is 25.5 Å². The van der Waals surface area contributed by atoms with Gasteiger partial charge in [0.25, 0.3) is 0 Å². The summed E-state index contributed by atoms with van der Waals surface area (Å²) >= 11 is 0. The van der Waals surface area contributed by atoms with Crippen LogP contribution in [-0.4, -0.2) is 41.7 Å². The first-order valence-electron chi connectivity index (χ1n) is 9.97. The monoisotopic (exact) mass is 395 g/mol. The van der Waals surface area contributed by atoms with Crippen LogP contribution in [0, 0.1) is 12.8 Å². The molecular weight excluding hydrogens is 370 g/mol. The number of aromatic carboxylic acids is 1. The van der Waals surface area contributed by atoms with Gasteiger partial charge in [-0.25, -0.2) is 4.79 Å². The molecule has 2 aliphatic heterocycles. The highest BCUT2D eigenvalue weighted by molar-refractivity contribution is 5.88. The zero-order valence-corrected chi connectivity index (χ0v) is 16.5. The van der Waals surface area contributed by atoms with Crippen molar-refractivity contribution in [3.8, 4) is 5.75 Å². The summed E-state index contributed by atoms with van der Waals surface area (Å²) in [5.74, 6) is -0.413. The predicted octanol–water partition coefficient (Wildman–Crippen LogP) is 3.58.